The summed E-state index contributed by atoms with van der Waals surface area (Å²) in [5.74, 6) is 0.627. The molecule has 0 saturated heterocycles. The van der Waals surface area contributed by atoms with Crippen LogP contribution in [0.15, 0.2) is 12.4 Å². The summed E-state index contributed by atoms with van der Waals surface area (Å²) in [6.45, 7) is 4.78. The van der Waals surface area contributed by atoms with E-state index in [0.717, 1.165) is 21.4 Å². The van der Waals surface area contributed by atoms with Gasteiger partial charge in [0.15, 0.2) is 5.82 Å². The molecule has 0 aliphatic carbocycles. The molecule has 0 saturated carbocycles. The van der Waals surface area contributed by atoms with Gasteiger partial charge in [0.1, 0.15) is 5.15 Å². The first-order chi connectivity index (χ1) is 7.61. The second-order valence-corrected chi connectivity index (χ2v) is 4.76. The van der Waals surface area contributed by atoms with Crippen LogP contribution < -0.4 is 0 Å². The number of nitrogens with zero attached hydrogens (tertiary/aromatic N) is 4. The van der Waals surface area contributed by atoms with Crippen LogP contribution in [0, 0.1) is 10.5 Å². The molecular weight excluding hydrogens is 338 g/mol. The topological polar surface area (TPSA) is 43.6 Å². The van der Waals surface area contributed by atoms with Gasteiger partial charge < -0.3 is 0 Å². The van der Waals surface area contributed by atoms with Crippen molar-refractivity contribution in [3.05, 3.63) is 26.8 Å². The molecule has 0 amide bonds. The summed E-state index contributed by atoms with van der Waals surface area (Å²) in [6, 6.07) is 0. The molecule has 0 spiro atoms. The summed E-state index contributed by atoms with van der Waals surface area (Å²) >= 11 is 8.16. The third-order valence-corrected chi connectivity index (χ3v) is 4.08. The monoisotopic (exact) mass is 348 g/mol. The van der Waals surface area contributed by atoms with Crippen LogP contribution in [0.3, 0.4) is 0 Å². The van der Waals surface area contributed by atoms with Crippen LogP contribution in [0.4, 0.5) is 0 Å². The molecule has 84 valence electrons. The van der Waals surface area contributed by atoms with Crippen molar-refractivity contribution in [2.45, 2.75) is 20.4 Å². The molecule has 4 nitrogen and oxygen atoms in total. The first kappa shape index (κ1) is 11.8. The minimum atomic E-state index is 0.493. The first-order valence-corrected chi connectivity index (χ1v) is 6.30. The van der Waals surface area contributed by atoms with E-state index in [-0.39, 0.29) is 0 Å². The molecule has 0 fully saturated rings. The minimum absolute atomic E-state index is 0.493. The van der Waals surface area contributed by atoms with Gasteiger partial charge in [-0.3, -0.25) is 4.68 Å². The van der Waals surface area contributed by atoms with Gasteiger partial charge in [-0.2, -0.15) is 5.10 Å². The molecule has 0 aliphatic heterocycles. The van der Waals surface area contributed by atoms with Crippen LogP contribution in [0.2, 0.25) is 5.15 Å². The molecule has 2 aromatic rings. The maximum absolute atomic E-state index is 6.02. The molecule has 0 radical (unpaired) electrons. The van der Waals surface area contributed by atoms with Gasteiger partial charge in [-0.1, -0.05) is 11.6 Å². The standard InChI is InChI=1S/C10H10ClIN4/c1-3-16-5-7(4-13-16)10-14-6(2)8(12)9(11)15-10/h4-5H,3H2,1-2H3. The Hall–Kier alpha value is -0.690. The molecule has 0 aliphatic rings. The lowest BCUT2D eigenvalue weighted by Crippen LogP contribution is -1.96. The van der Waals surface area contributed by atoms with Crippen molar-refractivity contribution >= 4 is 34.2 Å². The molecule has 6 heteroatoms. The van der Waals surface area contributed by atoms with Crippen molar-refractivity contribution in [1.29, 1.82) is 0 Å². The molecule has 2 aromatic heterocycles. The number of aryl methyl sites for hydroxylation is 2. The highest BCUT2D eigenvalue weighted by atomic mass is 127. The van der Waals surface area contributed by atoms with Crippen molar-refractivity contribution in [3.63, 3.8) is 0 Å². The van der Waals surface area contributed by atoms with Crippen LogP contribution in [0.1, 0.15) is 12.6 Å². The number of aromatic nitrogens is 4. The quantitative estimate of drug-likeness (QED) is 0.619. The van der Waals surface area contributed by atoms with Crippen molar-refractivity contribution < 1.29 is 0 Å². The fourth-order valence-electron chi connectivity index (χ4n) is 1.31. The van der Waals surface area contributed by atoms with Crippen molar-refractivity contribution in [3.8, 4) is 11.4 Å². The van der Waals surface area contributed by atoms with E-state index in [9.17, 15) is 0 Å². The van der Waals surface area contributed by atoms with E-state index in [1.807, 2.05) is 24.7 Å². The third kappa shape index (κ3) is 2.20. The van der Waals surface area contributed by atoms with Crippen molar-refractivity contribution in [2.24, 2.45) is 0 Å². The Bertz CT molecular complexity index is 500. The lowest BCUT2D eigenvalue weighted by atomic mass is 10.3. The first-order valence-electron chi connectivity index (χ1n) is 4.84. The zero-order valence-electron chi connectivity index (χ0n) is 8.91. The lowest BCUT2D eigenvalue weighted by Gasteiger charge is -2.02. The smallest absolute Gasteiger partial charge is 0.164 e. The van der Waals surface area contributed by atoms with Crippen LogP contribution >= 0.6 is 34.2 Å². The second kappa shape index (κ2) is 4.67. The average Bonchev–Trinajstić information content (AvgIpc) is 2.73. The van der Waals surface area contributed by atoms with E-state index < -0.39 is 0 Å². The average molecular weight is 349 g/mol. The SMILES string of the molecule is CCn1cc(-c2nc(C)c(I)c(Cl)n2)cn1. The summed E-state index contributed by atoms with van der Waals surface area (Å²) in [4.78, 5) is 8.64. The Morgan fingerprint density at radius 3 is 2.75 bits per heavy atom. The van der Waals surface area contributed by atoms with Gasteiger partial charge in [0.05, 0.1) is 21.0 Å². The fraction of sp³-hybridized carbons (Fsp3) is 0.300. The van der Waals surface area contributed by atoms with E-state index >= 15 is 0 Å². The van der Waals surface area contributed by atoms with E-state index in [1.54, 1.807) is 6.20 Å². The Morgan fingerprint density at radius 1 is 1.44 bits per heavy atom. The maximum atomic E-state index is 6.02. The number of halogens is 2. The summed E-state index contributed by atoms with van der Waals surface area (Å²) in [5, 5.41) is 4.68. The normalized spacial score (nSPS) is 10.8. The molecule has 0 atom stereocenters. The summed E-state index contributed by atoms with van der Waals surface area (Å²) < 4.78 is 2.73. The van der Waals surface area contributed by atoms with Crippen LogP contribution in [0.25, 0.3) is 11.4 Å². The van der Waals surface area contributed by atoms with Gasteiger partial charge in [-0.15, -0.1) is 0 Å². The van der Waals surface area contributed by atoms with Gasteiger partial charge in [-0.05, 0) is 36.4 Å². The largest absolute Gasteiger partial charge is 0.272 e. The molecule has 2 rings (SSSR count). The highest BCUT2D eigenvalue weighted by Crippen LogP contribution is 2.22. The number of hydrogen-bond donors (Lipinski definition) is 0. The predicted molar refractivity (Wildman–Crippen MR) is 71.4 cm³/mol. The van der Waals surface area contributed by atoms with E-state index in [2.05, 4.69) is 37.7 Å². The van der Waals surface area contributed by atoms with Crippen LogP contribution in [-0.2, 0) is 6.54 Å². The lowest BCUT2D eigenvalue weighted by molar-refractivity contribution is 0.660. The molecule has 0 aromatic carbocycles. The van der Waals surface area contributed by atoms with Gasteiger partial charge in [0.25, 0.3) is 0 Å². The summed E-state index contributed by atoms with van der Waals surface area (Å²) in [6.07, 6.45) is 3.67. The van der Waals surface area contributed by atoms with Gasteiger partial charge in [0.2, 0.25) is 0 Å². The zero-order chi connectivity index (χ0) is 11.7. The Morgan fingerprint density at radius 2 is 2.19 bits per heavy atom. The molecular formula is C10H10ClIN4. The molecule has 0 bridgehead atoms. The molecule has 16 heavy (non-hydrogen) atoms. The van der Waals surface area contributed by atoms with Gasteiger partial charge in [-0.25, -0.2) is 9.97 Å². The molecule has 0 unspecified atom stereocenters. The third-order valence-electron chi connectivity index (χ3n) is 2.19. The van der Waals surface area contributed by atoms with E-state index in [1.165, 1.54) is 0 Å². The minimum Gasteiger partial charge on any atom is -0.272 e. The maximum Gasteiger partial charge on any atom is 0.164 e. The zero-order valence-corrected chi connectivity index (χ0v) is 11.8. The Labute approximate surface area is 112 Å². The summed E-state index contributed by atoms with van der Waals surface area (Å²) in [7, 11) is 0. The van der Waals surface area contributed by atoms with Crippen LogP contribution in [-0.4, -0.2) is 19.7 Å². The number of hydrogen-bond acceptors (Lipinski definition) is 3. The van der Waals surface area contributed by atoms with Crippen LogP contribution in [0.5, 0.6) is 0 Å². The molecule has 2 heterocycles. The predicted octanol–water partition coefficient (Wildman–Crippen LogP) is 2.93. The number of rotatable bonds is 2. The van der Waals surface area contributed by atoms with Crippen molar-refractivity contribution in [1.82, 2.24) is 19.7 Å². The molecule has 0 N–H and O–H groups in total. The van der Waals surface area contributed by atoms with Gasteiger partial charge in [0, 0.05) is 12.7 Å². The summed E-state index contributed by atoms with van der Waals surface area (Å²) in [5.41, 5.74) is 1.78. The Kier molecular flexibility index (Phi) is 3.44. The van der Waals surface area contributed by atoms with Crippen molar-refractivity contribution in [2.75, 3.05) is 0 Å². The second-order valence-electron chi connectivity index (χ2n) is 3.32. The van der Waals surface area contributed by atoms with E-state index in [0.29, 0.717) is 11.0 Å². The Balaban J connectivity index is 2.48. The van der Waals surface area contributed by atoms with E-state index in [4.69, 9.17) is 11.6 Å². The fourth-order valence-corrected chi connectivity index (χ4v) is 1.76. The van der Waals surface area contributed by atoms with Gasteiger partial charge >= 0.3 is 0 Å². The highest BCUT2D eigenvalue weighted by Gasteiger charge is 2.10. The highest BCUT2D eigenvalue weighted by molar-refractivity contribution is 14.1.